The molecule has 0 unspecified atom stereocenters. The van der Waals surface area contributed by atoms with E-state index in [9.17, 15) is 35.9 Å². The fourth-order valence-corrected chi connectivity index (χ4v) is 4.51. The van der Waals surface area contributed by atoms with Gasteiger partial charge in [-0.05, 0) is 83.9 Å². The third kappa shape index (κ3) is 6.19. The molecular weight excluding hydrogens is 522 g/mol. The molecule has 2 N–H and O–H groups in total. The summed E-state index contributed by atoms with van der Waals surface area (Å²) in [4.78, 5) is 11.3. The van der Waals surface area contributed by atoms with Crippen molar-refractivity contribution in [3.05, 3.63) is 119 Å². The summed E-state index contributed by atoms with van der Waals surface area (Å²) in [6.45, 7) is 0. The minimum absolute atomic E-state index is 0.0238. The van der Waals surface area contributed by atoms with Crippen molar-refractivity contribution in [1.82, 2.24) is 0 Å². The molecule has 0 atom stereocenters. The Morgan fingerprint density at radius 3 is 1.97 bits per heavy atom. The molecular formula is C28H17F4NO4S. The third-order valence-corrected chi connectivity index (χ3v) is 6.80. The largest absolute Gasteiger partial charge is 0.478 e. The summed E-state index contributed by atoms with van der Waals surface area (Å²) in [5.74, 6) is 4.06. The molecule has 0 aliphatic carbocycles. The Hall–Kier alpha value is -4.62. The lowest BCUT2D eigenvalue weighted by atomic mass is 9.99. The van der Waals surface area contributed by atoms with Crippen LogP contribution in [-0.4, -0.2) is 19.5 Å². The Morgan fingerprint density at radius 2 is 1.39 bits per heavy atom. The van der Waals surface area contributed by atoms with Crippen molar-refractivity contribution in [3.63, 3.8) is 0 Å². The number of carboxylic acids is 1. The Morgan fingerprint density at radius 1 is 0.789 bits per heavy atom. The average molecular weight is 540 g/mol. The maximum absolute atomic E-state index is 13.2. The number of sulfonamides is 1. The van der Waals surface area contributed by atoms with Gasteiger partial charge < -0.3 is 5.11 Å². The van der Waals surface area contributed by atoms with Crippen LogP contribution in [0, 0.1) is 17.7 Å². The Labute approximate surface area is 215 Å². The number of hydrogen-bond acceptors (Lipinski definition) is 3. The standard InChI is InChI=1S/C28H17F4NO4S/c29-23-10-5-19(6-11-23)20-7-16-26(27(34)35)21(17-20)4-1-18-2-12-24(13-3-18)33-38(36,37)25-14-8-22(9-15-25)28(30,31)32/h2-3,5-17,33H,(H,34,35). The summed E-state index contributed by atoms with van der Waals surface area (Å²) >= 11 is 0. The molecule has 0 radical (unpaired) electrons. The maximum atomic E-state index is 13.2. The molecule has 4 rings (SSSR count). The van der Waals surface area contributed by atoms with Crippen molar-refractivity contribution >= 4 is 21.7 Å². The zero-order valence-corrected chi connectivity index (χ0v) is 20.1. The van der Waals surface area contributed by atoms with E-state index < -0.39 is 33.5 Å². The first kappa shape index (κ1) is 26.4. The van der Waals surface area contributed by atoms with Crippen molar-refractivity contribution in [2.24, 2.45) is 0 Å². The van der Waals surface area contributed by atoms with Gasteiger partial charge >= 0.3 is 12.1 Å². The number of alkyl halides is 3. The molecule has 0 fully saturated rings. The van der Waals surface area contributed by atoms with Crippen molar-refractivity contribution in [3.8, 4) is 23.0 Å². The highest BCUT2D eigenvalue weighted by Gasteiger charge is 2.30. The summed E-state index contributed by atoms with van der Waals surface area (Å²) in [5, 5.41) is 9.52. The molecule has 0 saturated heterocycles. The van der Waals surface area contributed by atoms with E-state index in [1.165, 1.54) is 42.5 Å². The molecule has 0 aromatic heterocycles. The van der Waals surface area contributed by atoms with Gasteiger partial charge in [0.15, 0.2) is 0 Å². The van der Waals surface area contributed by atoms with Crippen LogP contribution in [0.4, 0.5) is 23.2 Å². The maximum Gasteiger partial charge on any atom is 0.416 e. The van der Waals surface area contributed by atoms with Crippen molar-refractivity contribution in [1.29, 1.82) is 0 Å². The molecule has 0 amide bonds. The quantitative estimate of drug-likeness (QED) is 0.227. The summed E-state index contributed by atoms with van der Waals surface area (Å²) in [6, 6.07) is 19.2. The summed E-state index contributed by atoms with van der Waals surface area (Å²) in [7, 11) is -4.13. The second kappa shape index (κ2) is 10.4. The lowest BCUT2D eigenvalue weighted by molar-refractivity contribution is -0.137. The number of anilines is 1. The number of nitrogens with one attached hydrogen (secondary N) is 1. The number of carbonyl (C=O) groups is 1. The summed E-state index contributed by atoms with van der Waals surface area (Å²) in [6.07, 6.45) is -4.58. The van der Waals surface area contributed by atoms with Crippen LogP contribution in [0.2, 0.25) is 0 Å². The van der Waals surface area contributed by atoms with Gasteiger partial charge in [0, 0.05) is 16.8 Å². The highest BCUT2D eigenvalue weighted by atomic mass is 32.2. The van der Waals surface area contributed by atoms with Crippen LogP contribution in [0.1, 0.15) is 27.0 Å². The molecule has 4 aromatic rings. The second-order valence-electron chi connectivity index (χ2n) is 8.03. The lowest BCUT2D eigenvalue weighted by Gasteiger charge is -2.10. The van der Waals surface area contributed by atoms with Crippen LogP contribution in [0.15, 0.2) is 95.9 Å². The fraction of sp³-hybridized carbons (Fsp3) is 0.0357. The third-order valence-electron chi connectivity index (χ3n) is 5.40. The van der Waals surface area contributed by atoms with Gasteiger partial charge in [0.05, 0.1) is 16.0 Å². The van der Waals surface area contributed by atoms with Crippen LogP contribution in [0.25, 0.3) is 11.1 Å². The first-order valence-corrected chi connectivity index (χ1v) is 12.4. The summed E-state index contributed by atoms with van der Waals surface area (Å²) < 4.78 is 78.8. The Kier molecular flexibility index (Phi) is 7.23. The molecule has 0 bridgehead atoms. The molecule has 0 saturated carbocycles. The summed E-state index contributed by atoms with van der Waals surface area (Å²) in [5.41, 5.74) is 1.17. The van der Waals surface area contributed by atoms with E-state index in [4.69, 9.17) is 0 Å². The Bertz CT molecular complexity index is 1650. The highest BCUT2D eigenvalue weighted by molar-refractivity contribution is 7.92. The van der Waals surface area contributed by atoms with Crippen LogP contribution in [0.5, 0.6) is 0 Å². The van der Waals surface area contributed by atoms with Gasteiger partial charge in [0.2, 0.25) is 0 Å². The fourth-order valence-electron chi connectivity index (χ4n) is 3.45. The van der Waals surface area contributed by atoms with Gasteiger partial charge in [-0.25, -0.2) is 17.6 Å². The topological polar surface area (TPSA) is 83.5 Å². The SMILES string of the molecule is O=C(O)c1ccc(-c2ccc(F)cc2)cc1C#Cc1ccc(NS(=O)(=O)c2ccc(C(F)(F)F)cc2)cc1. The molecule has 0 aliphatic rings. The normalized spacial score (nSPS) is 11.4. The van der Waals surface area contributed by atoms with Gasteiger partial charge in [-0.15, -0.1) is 0 Å². The van der Waals surface area contributed by atoms with Crippen LogP contribution in [0.3, 0.4) is 0 Å². The molecule has 192 valence electrons. The van der Waals surface area contributed by atoms with Gasteiger partial charge in [-0.3, -0.25) is 4.72 Å². The number of halogens is 4. The van der Waals surface area contributed by atoms with Crippen molar-refractivity contribution in [2.45, 2.75) is 11.1 Å². The number of carboxylic acid groups (broad SMARTS) is 1. The van der Waals surface area contributed by atoms with Gasteiger partial charge in [0.25, 0.3) is 10.0 Å². The van der Waals surface area contributed by atoms with Gasteiger partial charge in [-0.2, -0.15) is 13.2 Å². The highest BCUT2D eigenvalue weighted by Crippen LogP contribution is 2.30. The van der Waals surface area contributed by atoms with E-state index in [1.54, 1.807) is 24.3 Å². The van der Waals surface area contributed by atoms with E-state index in [1.807, 2.05) is 0 Å². The minimum atomic E-state index is -4.58. The zero-order chi connectivity index (χ0) is 27.5. The van der Waals surface area contributed by atoms with E-state index in [0.717, 1.165) is 12.1 Å². The van der Waals surface area contributed by atoms with E-state index in [-0.39, 0.29) is 21.7 Å². The monoisotopic (exact) mass is 539 g/mol. The van der Waals surface area contributed by atoms with Crippen molar-refractivity contribution < 1.29 is 35.9 Å². The molecule has 0 heterocycles. The second-order valence-corrected chi connectivity index (χ2v) is 9.71. The lowest BCUT2D eigenvalue weighted by Crippen LogP contribution is -2.13. The number of benzene rings is 4. The average Bonchev–Trinajstić information content (AvgIpc) is 2.88. The Balaban J connectivity index is 1.55. The molecule has 4 aromatic carbocycles. The van der Waals surface area contributed by atoms with Crippen LogP contribution in [-0.2, 0) is 16.2 Å². The van der Waals surface area contributed by atoms with Crippen LogP contribution < -0.4 is 4.72 Å². The first-order chi connectivity index (χ1) is 17.9. The predicted octanol–water partition coefficient (Wildman–Crippen LogP) is 6.41. The van der Waals surface area contributed by atoms with E-state index >= 15 is 0 Å². The van der Waals surface area contributed by atoms with Gasteiger partial charge in [-0.1, -0.05) is 30.0 Å². The molecule has 0 spiro atoms. The van der Waals surface area contributed by atoms with Crippen LogP contribution >= 0.6 is 0 Å². The molecule has 38 heavy (non-hydrogen) atoms. The number of aromatic carboxylic acids is 1. The molecule has 10 heteroatoms. The van der Waals surface area contributed by atoms with E-state index in [0.29, 0.717) is 28.8 Å². The van der Waals surface area contributed by atoms with Gasteiger partial charge in [0.1, 0.15) is 5.82 Å². The first-order valence-electron chi connectivity index (χ1n) is 10.9. The zero-order valence-electron chi connectivity index (χ0n) is 19.3. The number of hydrogen-bond donors (Lipinski definition) is 2. The predicted molar refractivity (Wildman–Crippen MR) is 133 cm³/mol. The smallest absolute Gasteiger partial charge is 0.416 e. The molecule has 5 nitrogen and oxygen atoms in total. The number of rotatable bonds is 5. The molecule has 0 aliphatic heterocycles. The van der Waals surface area contributed by atoms with Crippen molar-refractivity contribution in [2.75, 3.05) is 4.72 Å². The minimum Gasteiger partial charge on any atom is -0.478 e. The van der Waals surface area contributed by atoms with E-state index in [2.05, 4.69) is 16.6 Å².